The van der Waals surface area contributed by atoms with Gasteiger partial charge in [0.15, 0.2) is 0 Å². The molecule has 0 spiro atoms. The van der Waals surface area contributed by atoms with E-state index in [-0.39, 0.29) is 24.2 Å². The van der Waals surface area contributed by atoms with Crippen LogP contribution < -0.4 is 4.74 Å². The summed E-state index contributed by atoms with van der Waals surface area (Å²) in [6, 6.07) is 10.0. The van der Waals surface area contributed by atoms with E-state index in [1.165, 1.54) is 23.8 Å². The van der Waals surface area contributed by atoms with Crippen molar-refractivity contribution >= 4 is 0 Å². The molecule has 1 heterocycles. The molecule has 35 heavy (non-hydrogen) atoms. The zero-order chi connectivity index (χ0) is 24.8. The first-order valence-electron chi connectivity index (χ1n) is 12.5. The van der Waals surface area contributed by atoms with Crippen LogP contribution in [0.5, 0.6) is 5.75 Å². The molecule has 3 aliphatic rings. The van der Waals surface area contributed by atoms with E-state index in [2.05, 4.69) is 24.0 Å². The highest BCUT2D eigenvalue weighted by Gasteiger charge is 2.59. The first-order valence-corrected chi connectivity index (χ1v) is 12.5. The van der Waals surface area contributed by atoms with Gasteiger partial charge in [0.05, 0.1) is 12.0 Å². The third-order valence-electron chi connectivity index (χ3n) is 8.71. The number of ether oxygens (including phenoxy) is 1. The van der Waals surface area contributed by atoms with Gasteiger partial charge in [-0.1, -0.05) is 25.1 Å². The number of pyridine rings is 1. The summed E-state index contributed by atoms with van der Waals surface area (Å²) < 4.78 is 35.5. The molecule has 4 nitrogen and oxygen atoms in total. The summed E-state index contributed by atoms with van der Waals surface area (Å²) in [5.74, 6) is -1.27. The molecule has 6 heteroatoms. The fourth-order valence-corrected chi connectivity index (χ4v) is 6.73. The minimum absolute atomic E-state index is 0.0177. The van der Waals surface area contributed by atoms with Gasteiger partial charge in [-0.25, -0.2) is 8.78 Å². The van der Waals surface area contributed by atoms with Gasteiger partial charge in [-0.05, 0) is 86.4 Å². The Balaban J connectivity index is 1.41. The number of benzene rings is 1. The van der Waals surface area contributed by atoms with Crippen molar-refractivity contribution in [2.24, 2.45) is 11.8 Å². The number of aromatic nitrogens is 1. The Kier molecular flexibility index (Phi) is 6.30. The molecule has 2 N–H and O–H groups in total. The predicted octanol–water partition coefficient (Wildman–Crippen LogP) is 5.44. The van der Waals surface area contributed by atoms with Crippen LogP contribution in [0.4, 0.5) is 8.78 Å². The molecule has 1 fully saturated rings. The SMILES string of the molecule is CC[C@@]12C[C@H](O)[C@](O)(C3C(F)=CC=CC3F)C[C@H]1CCc1cc(OCc3cccnc3C)ccc12. The first kappa shape index (κ1) is 24.1. The van der Waals surface area contributed by atoms with Crippen LogP contribution in [0, 0.1) is 18.8 Å². The van der Waals surface area contributed by atoms with Crippen molar-refractivity contribution in [2.75, 3.05) is 0 Å². The molecule has 5 rings (SSSR count). The number of fused-ring (bicyclic) bond motifs is 3. The van der Waals surface area contributed by atoms with Crippen LogP contribution in [0.15, 0.2) is 60.6 Å². The Bertz CT molecular complexity index is 1160. The van der Waals surface area contributed by atoms with Gasteiger partial charge in [0.25, 0.3) is 0 Å². The van der Waals surface area contributed by atoms with Gasteiger partial charge < -0.3 is 14.9 Å². The molecule has 6 atom stereocenters. The lowest BCUT2D eigenvalue weighted by molar-refractivity contribution is -0.174. The number of hydrogen-bond acceptors (Lipinski definition) is 4. The van der Waals surface area contributed by atoms with Gasteiger partial charge in [0.2, 0.25) is 0 Å². The summed E-state index contributed by atoms with van der Waals surface area (Å²) in [6.07, 6.45) is 5.44. The highest BCUT2D eigenvalue weighted by Crippen LogP contribution is 2.57. The van der Waals surface area contributed by atoms with E-state index in [0.717, 1.165) is 41.8 Å². The molecule has 0 amide bonds. The zero-order valence-electron chi connectivity index (χ0n) is 20.3. The molecule has 0 saturated heterocycles. The number of aryl methyl sites for hydroxylation is 2. The maximum atomic E-state index is 14.7. The number of hydrogen-bond donors (Lipinski definition) is 2. The number of nitrogens with zero attached hydrogens (tertiary/aromatic N) is 1. The third kappa shape index (κ3) is 4.01. The summed E-state index contributed by atoms with van der Waals surface area (Å²) in [7, 11) is 0. The van der Waals surface area contributed by atoms with Crippen LogP contribution in [0.25, 0.3) is 0 Å². The van der Waals surface area contributed by atoms with Crippen molar-refractivity contribution in [2.45, 2.75) is 75.9 Å². The van der Waals surface area contributed by atoms with Gasteiger partial charge in [-0.3, -0.25) is 4.98 Å². The molecular formula is C29H33F2NO3. The molecule has 3 aliphatic carbocycles. The van der Waals surface area contributed by atoms with E-state index in [9.17, 15) is 19.0 Å². The molecule has 1 aromatic carbocycles. The Morgan fingerprint density at radius 1 is 1.23 bits per heavy atom. The lowest BCUT2D eigenvalue weighted by atomic mass is 9.50. The normalized spacial score (nSPS) is 34.1. The van der Waals surface area contributed by atoms with Crippen LogP contribution in [0.3, 0.4) is 0 Å². The predicted molar refractivity (Wildman–Crippen MR) is 130 cm³/mol. The second kappa shape index (κ2) is 9.14. The van der Waals surface area contributed by atoms with Crippen molar-refractivity contribution in [3.05, 3.63) is 83.0 Å². The molecule has 1 saturated carbocycles. The molecular weight excluding hydrogens is 448 g/mol. The van der Waals surface area contributed by atoms with E-state index in [1.54, 1.807) is 6.20 Å². The summed E-state index contributed by atoms with van der Waals surface area (Å²) in [5, 5.41) is 22.7. The fraction of sp³-hybridized carbons (Fsp3) is 0.483. The van der Waals surface area contributed by atoms with Crippen molar-refractivity contribution in [3.8, 4) is 5.75 Å². The van der Waals surface area contributed by atoms with Gasteiger partial charge in [0.1, 0.15) is 30.0 Å². The van der Waals surface area contributed by atoms with Crippen LogP contribution in [0.1, 0.15) is 55.0 Å². The summed E-state index contributed by atoms with van der Waals surface area (Å²) >= 11 is 0. The number of alkyl halides is 1. The molecule has 1 aromatic heterocycles. The summed E-state index contributed by atoms with van der Waals surface area (Å²) in [6.45, 7) is 4.49. The smallest absolute Gasteiger partial charge is 0.131 e. The quantitative estimate of drug-likeness (QED) is 0.597. The standard InChI is InChI=1S/C29H33F2NO3/c1-3-28-16-26(33)29(34,27-24(30)7-4-8-25(27)31)15-21(28)10-9-19-14-22(11-12-23(19)28)35-17-20-6-5-13-32-18(20)2/h4-8,11-14,21,24,26-27,33-34H,3,9-10,15-17H2,1-2H3/t21-,24?,26+,27?,28-,29+/m1/s1. The zero-order valence-corrected chi connectivity index (χ0v) is 20.3. The van der Waals surface area contributed by atoms with Crippen molar-refractivity contribution in [1.82, 2.24) is 4.98 Å². The minimum atomic E-state index is -1.84. The Labute approximate surface area is 205 Å². The number of aliphatic hydroxyl groups is 2. The van der Waals surface area contributed by atoms with Crippen LogP contribution in [0.2, 0.25) is 0 Å². The third-order valence-corrected chi connectivity index (χ3v) is 8.71. The van der Waals surface area contributed by atoms with Crippen LogP contribution in [-0.2, 0) is 18.4 Å². The number of halogens is 2. The fourth-order valence-electron chi connectivity index (χ4n) is 6.73. The molecule has 2 unspecified atom stereocenters. The number of aliphatic hydroxyl groups excluding tert-OH is 1. The molecule has 0 radical (unpaired) electrons. The summed E-state index contributed by atoms with van der Waals surface area (Å²) in [4.78, 5) is 4.31. The van der Waals surface area contributed by atoms with Gasteiger partial charge >= 0.3 is 0 Å². The maximum absolute atomic E-state index is 14.7. The van der Waals surface area contributed by atoms with Crippen LogP contribution in [-0.4, -0.2) is 33.1 Å². The van der Waals surface area contributed by atoms with Crippen molar-refractivity contribution < 1.29 is 23.7 Å². The Hall–Kier alpha value is -2.57. The van der Waals surface area contributed by atoms with Gasteiger partial charge in [-0.15, -0.1) is 0 Å². The van der Waals surface area contributed by atoms with E-state index >= 15 is 0 Å². The lowest BCUT2D eigenvalue weighted by Crippen LogP contribution is -2.62. The minimum Gasteiger partial charge on any atom is -0.489 e. The summed E-state index contributed by atoms with van der Waals surface area (Å²) in [5.41, 5.74) is 2.12. The first-order chi connectivity index (χ1) is 16.8. The number of allylic oxidation sites excluding steroid dienone is 3. The van der Waals surface area contributed by atoms with Gasteiger partial charge in [0, 0.05) is 22.9 Å². The second-order valence-corrected chi connectivity index (χ2v) is 10.4. The lowest BCUT2D eigenvalue weighted by Gasteiger charge is -2.56. The van der Waals surface area contributed by atoms with Gasteiger partial charge in [-0.2, -0.15) is 0 Å². The molecule has 2 aromatic rings. The monoisotopic (exact) mass is 481 g/mol. The van der Waals surface area contributed by atoms with Crippen molar-refractivity contribution in [3.63, 3.8) is 0 Å². The molecule has 186 valence electrons. The topological polar surface area (TPSA) is 62.6 Å². The van der Waals surface area contributed by atoms with Crippen LogP contribution >= 0.6 is 0 Å². The van der Waals surface area contributed by atoms with E-state index in [4.69, 9.17) is 4.74 Å². The van der Waals surface area contributed by atoms with E-state index in [0.29, 0.717) is 6.61 Å². The van der Waals surface area contributed by atoms with Crippen molar-refractivity contribution in [1.29, 1.82) is 0 Å². The second-order valence-electron chi connectivity index (χ2n) is 10.4. The highest BCUT2D eigenvalue weighted by molar-refractivity contribution is 5.44. The molecule has 0 bridgehead atoms. The largest absolute Gasteiger partial charge is 0.489 e. The Morgan fingerprint density at radius 3 is 2.80 bits per heavy atom. The highest BCUT2D eigenvalue weighted by atomic mass is 19.1. The van der Waals surface area contributed by atoms with E-state index in [1.807, 2.05) is 25.1 Å². The average molecular weight is 482 g/mol. The molecule has 0 aliphatic heterocycles. The van der Waals surface area contributed by atoms with E-state index < -0.39 is 29.6 Å². The average Bonchev–Trinajstić information content (AvgIpc) is 2.84. The maximum Gasteiger partial charge on any atom is 0.131 e. The number of rotatable bonds is 5. The Morgan fingerprint density at radius 2 is 2.06 bits per heavy atom.